The van der Waals surface area contributed by atoms with Crippen molar-refractivity contribution in [2.75, 3.05) is 26.8 Å². The summed E-state index contributed by atoms with van der Waals surface area (Å²) in [6, 6.07) is 7.27. The van der Waals surface area contributed by atoms with Crippen LogP contribution in [0.2, 0.25) is 5.02 Å². The first-order valence-corrected chi connectivity index (χ1v) is 7.33. The van der Waals surface area contributed by atoms with Gasteiger partial charge in [0.2, 0.25) is 11.8 Å². The second-order valence-corrected chi connectivity index (χ2v) is 6.19. The second kappa shape index (κ2) is 7.19. The molecular formula is C15H20ClN3O3. The van der Waals surface area contributed by atoms with E-state index in [0.717, 1.165) is 0 Å². The van der Waals surface area contributed by atoms with Gasteiger partial charge in [0.05, 0.1) is 30.3 Å². The zero-order valence-electron chi connectivity index (χ0n) is 12.7. The molecule has 6 nitrogen and oxygen atoms in total. The fourth-order valence-corrected chi connectivity index (χ4v) is 2.37. The van der Waals surface area contributed by atoms with E-state index in [1.807, 2.05) is 37.1 Å². The molecule has 0 saturated heterocycles. The van der Waals surface area contributed by atoms with Crippen LogP contribution in [0.5, 0.6) is 0 Å². The fourth-order valence-electron chi connectivity index (χ4n) is 2.15. The molecular weight excluding hydrogens is 306 g/mol. The molecule has 1 aromatic heterocycles. The van der Waals surface area contributed by atoms with E-state index in [1.165, 1.54) is 0 Å². The average Bonchev–Trinajstić information content (AvgIpc) is 2.95. The molecule has 0 saturated carbocycles. The van der Waals surface area contributed by atoms with Gasteiger partial charge in [0.15, 0.2) is 0 Å². The Morgan fingerprint density at radius 1 is 1.23 bits per heavy atom. The van der Waals surface area contributed by atoms with Gasteiger partial charge in [-0.25, -0.2) is 0 Å². The van der Waals surface area contributed by atoms with Gasteiger partial charge in [0.1, 0.15) is 0 Å². The number of aliphatic hydroxyl groups is 2. The minimum atomic E-state index is -0.569. The normalized spacial score (nSPS) is 12.1. The molecule has 0 bridgehead atoms. The van der Waals surface area contributed by atoms with Gasteiger partial charge in [-0.1, -0.05) is 30.7 Å². The summed E-state index contributed by atoms with van der Waals surface area (Å²) in [4.78, 5) is 1.91. The van der Waals surface area contributed by atoms with Crippen molar-refractivity contribution >= 4 is 11.6 Å². The molecule has 22 heavy (non-hydrogen) atoms. The quantitative estimate of drug-likeness (QED) is 0.808. The van der Waals surface area contributed by atoms with E-state index >= 15 is 0 Å². The van der Waals surface area contributed by atoms with E-state index < -0.39 is 5.41 Å². The second-order valence-electron chi connectivity index (χ2n) is 5.78. The lowest BCUT2D eigenvalue weighted by Crippen LogP contribution is -2.38. The fraction of sp³-hybridized carbons (Fsp3) is 0.467. The molecule has 7 heteroatoms. The van der Waals surface area contributed by atoms with E-state index in [0.29, 0.717) is 35.5 Å². The Kier molecular flexibility index (Phi) is 5.52. The summed E-state index contributed by atoms with van der Waals surface area (Å²) in [5.41, 5.74) is 0.126. The molecule has 120 valence electrons. The van der Waals surface area contributed by atoms with Crippen molar-refractivity contribution in [3.05, 3.63) is 35.2 Å². The molecule has 1 aromatic carbocycles. The van der Waals surface area contributed by atoms with Crippen LogP contribution < -0.4 is 0 Å². The highest BCUT2D eigenvalue weighted by molar-refractivity contribution is 6.33. The van der Waals surface area contributed by atoms with E-state index in [-0.39, 0.29) is 13.2 Å². The van der Waals surface area contributed by atoms with Crippen LogP contribution in [0, 0.1) is 5.41 Å². The van der Waals surface area contributed by atoms with Crippen molar-refractivity contribution < 1.29 is 14.6 Å². The molecule has 2 rings (SSSR count). The van der Waals surface area contributed by atoms with Crippen molar-refractivity contribution in [1.29, 1.82) is 0 Å². The number of aromatic nitrogens is 2. The summed E-state index contributed by atoms with van der Waals surface area (Å²) in [5, 5.41) is 27.2. The Bertz CT molecular complexity index is 614. The number of rotatable bonds is 7. The summed E-state index contributed by atoms with van der Waals surface area (Å²) in [6.07, 6.45) is 0. The summed E-state index contributed by atoms with van der Waals surface area (Å²) in [6.45, 7) is 2.55. The van der Waals surface area contributed by atoms with E-state index in [9.17, 15) is 10.2 Å². The van der Waals surface area contributed by atoms with Crippen LogP contribution in [0.3, 0.4) is 0 Å². The topological polar surface area (TPSA) is 82.6 Å². The zero-order chi connectivity index (χ0) is 16.2. The number of aliphatic hydroxyl groups excluding tert-OH is 2. The number of hydrogen-bond acceptors (Lipinski definition) is 6. The molecule has 2 aromatic rings. The number of benzene rings is 1. The van der Waals surface area contributed by atoms with Gasteiger partial charge >= 0.3 is 0 Å². The summed E-state index contributed by atoms with van der Waals surface area (Å²) >= 11 is 6.10. The van der Waals surface area contributed by atoms with Crippen LogP contribution in [-0.2, 0) is 6.54 Å². The van der Waals surface area contributed by atoms with Gasteiger partial charge in [-0.3, -0.25) is 4.90 Å². The number of hydrogen-bond donors (Lipinski definition) is 2. The van der Waals surface area contributed by atoms with Gasteiger partial charge < -0.3 is 14.6 Å². The van der Waals surface area contributed by atoms with Crippen LogP contribution in [-0.4, -0.2) is 52.1 Å². The zero-order valence-corrected chi connectivity index (χ0v) is 13.4. The predicted molar refractivity (Wildman–Crippen MR) is 83.4 cm³/mol. The number of halogens is 1. The van der Waals surface area contributed by atoms with E-state index in [1.54, 1.807) is 6.07 Å². The van der Waals surface area contributed by atoms with Crippen molar-refractivity contribution in [3.63, 3.8) is 0 Å². The molecule has 0 unspecified atom stereocenters. The van der Waals surface area contributed by atoms with Crippen LogP contribution in [0.4, 0.5) is 0 Å². The molecule has 0 amide bonds. The third-order valence-corrected chi connectivity index (χ3v) is 3.72. The standard InChI is InChI=1S/C15H20ClN3O3/c1-15(9-20,10-21)8-19(2)7-13-17-18-14(22-13)11-5-3-4-6-12(11)16/h3-6,20-21H,7-10H2,1-2H3. The monoisotopic (exact) mass is 325 g/mol. The maximum atomic E-state index is 9.33. The van der Waals surface area contributed by atoms with Crippen LogP contribution in [0.15, 0.2) is 28.7 Å². The minimum Gasteiger partial charge on any atom is -0.419 e. The lowest BCUT2D eigenvalue weighted by molar-refractivity contribution is 0.0383. The Balaban J connectivity index is 2.05. The molecule has 0 fully saturated rings. The highest BCUT2D eigenvalue weighted by atomic mass is 35.5. The van der Waals surface area contributed by atoms with Gasteiger partial charge in [-0.05, 0) is 19.2 Å². The Morgan fingerprint density at radius 2 is 1.91 bits per heavy atom. The summed E-state index contributed by atoms with van der Waals surface area (Å²) in [5.74, 6) is 0.830. The molecule has 0 aliphatic carbocycles. The summed E-state index contributed by atoms with van der Waals surface area (Å²) in [7, 11) is 1.86. The smallest absolute Gasteiger partial charge is 0.249 e. The number of nitrogens with zero attached hydrogens (tertiary/aromatic N) is 3. The first-order valence-electron chi connectivity index (χ1n) is 6.95. The SMILES string of the molecule is CN(Cc1nnc(-c2ccccc2Cl)o1)CC(C)(CO)CO. The largest absolute Gasteiger partial charge is 0.419 e. The van der Waals surface area contributed by atoms with Crippen LogP contribution in [0.1, 0.15) is 12.8 Å². The van der Waals surface area contributed by atoms with Gasteiger partial charge in [0.25, 0.3) is 0 Å². The predicted octanol–water partition coefficient (Wildman–Crippen LogP) is 1.81. The van der Waals surface area contributed by atoms with Crippen molar-refractivity contribution in [2.45, 2.75) is 13.5 Å². The Hall–Kier alpha value is -1.47. The highest BCUT2D eigenvalue weighted by Crippen LogP contribution is 2.26. The average molecular weight is 326 g/mol. The van der Waals surface area contributed by atoms with Gasteiger partial charge in [0, 0.05) is 12.0 Å². The van der Waals surface area contributed by atoms with Crippen LogP contribution >= 0.6 is 11.6 Å². The molecule has 2 N–H and O–H groups in total. The molecule has 0 aliphatic heterocycles. The third-order valence-electron chi connectivity index (χ3n) is 3.39. The van der Waals surface area contributed by atoms with Crippen molar-refractivity contribution in [3.8, 4) is 11.5 Å². The minimum absolute atomic E-state index is 0.0947. The van der Waals surface area contributed by atoms with Gasteiger partial charge in [-0.2, -0.15) is 0 Å². The van der Waals surface area contributed by atoms with E-state index in [2.05, 4.69) is 10.2 Å². The molecule has 0 atom stereocenters. The first-order chi connectivity index (χ1) is 10.5. The molecule has 0 spiro atoms. The maximum absolute atomic E-state index is 9.33. The van der Waals surface area contributed by atoms with Crippen LogP contribution in [0.25, 0.3) is 11.5 Å². The molecule has 0 aliphatic rings. The Morgan fingerprint density at radius 3 is 2.55 bits per heavy atom. The maximum Gasteiger partial charge on any atom is 0.249 e. The first kappa shape index (κ1) is 16.9. The lowest BCUT2D eigenvalue weighted by Gasteiger charge is -2.29. The highest BCUT2D eigenvalue weighted by Gasteiger charge is 2.25. The third kappa shape index (κ3) is 4.04. The summed E-state index contributed by atoms with van der Waals surface area (Å²) < 4.78 is 5.63. The van der Waals surface area contributed by atoms with Crippen molar-refractivity contribution in [1.82, 2.24) is 15.1 Å². The van der Waals surface area contributed by atoms with Crippen molar-refractivity contribution in [2.24, 2.45) is 5.41 Å². The molecule has 1 heterocycles. The molecule has 0 radical (unpaired) electrons. The van der Waals surface area contributed by atoms with E-state index in [4.69, 9.17) is 16.0 Å². The lowest BCUT2D eigenvalue weighted by atomic mass is 9.92. The van der Waals surface area contributed by atoms with Gasteiger partial charge in [-0.15, -0.1) is 10.2 Å². The Labute approximate surface area is 134 Å².